The van der Waals surface area contributed by atoms with Crippen molar-refractivity contribution in [1.82, 2.24) is 10.6 Å². The smallest absolute Gasteiger partial charge is 0.191 e. The van der Waals surface area contributed by atoms with E-state index in [4.69, 9.17) is 14.2 Å². The van der Waals surface area contributed by atoms with Crippen LogP contribution in [0.3, 0.4) is 0 Å². The van der Waals surface area contributed by atoms with Gasteiger partial charge in [-0.3, -0.25) is 4.99 Å². The van der Waals surface area contributed by atoms with Crippen molar-refractivity contribution < 1.29 is 14.2 Å². The van der Waals surface area contributed by atoms with Gasteiger partial charge in [0.05, 0.1) is 20.8 Å². The van der Waals surface area contributed by atoms with Crippen LogP contribution in [0.4, 0.5) is 5.69 Å². The average Bonchev–Trinajstić information content (AvgIpc) is 3.28. The first-order chi connectivity index (χ1) is 14.7. The first-order valence-electron chi connectivity index (χ1n) is 10.3. The molecule has 0 amide bonds. The van der Waals surface area contributed by atoms with E-state index in [1.807, 2.05) is 36.4 Å². The van der Waals surface area contributed by atoms with Crippen LogP contribution in [0, 0.1) is 5.92 Å². The van der Waals surface area contributed by atoms with Gasteiger partial charge in [0.2, 0.25) is 0 Å². The summed E-state index contributed by atoms with van der Waals surface area (Å²) in [5.41, 5.74) is 1.22. The summed E-state index contributed by atoms with van der Waals surface area (Å²) in [5, 5.41) is 6.74. The average molecular weight is 413 g/mol. The minimum atomic E-state index is 0.556. The topological polar surface area (TPSA) is 67.4 Å². The minimum absolute atomic E-state index is 0.556. The van der Waals surface area contributed by atoms with Gasteiger partial charge in [-0.05, 0) is 48.7 Å². The normalized spacial score (nSPS) is 16.3. The number of hydrogen-bond acceptors (Lipinski definition) is 5. The molecule has 0 saturated carbocycles. The monoisotopic (exact) mass is 412 g/mol. The summed E-state index contributed by atoms with van der Waals surface area (Å²) >= 11 is 0. The van der Waals surface area contributed by atoms with E-state index in [-0.39, 0.29) is 0 Å². The Morgan fingerprint density at radius 3 is 2.53 bits per heavy atom. The van der Waals surface area contributed by atoms with E-state index in [9.17, 15) is 0 Å². The molecule has 7 nitrogen and oxygen atoms in total. The van der Waals surface area contributed by atoms with Crippen LogP contribution in [0.5, 0.6) is 17.2 Å². The molecule has 1 unspecified atom stereocenters. The maximum atomic E-state index is 5.74. The predicted octanol–water partition coefficient (Wildman–Crippen LogP) is 2.77. The van der Waals surface area contributed by atoms with E-state index in [0.717, 1.165) is 49.3 Å². The van der Waals surface area contributed by atoms with Crippen molar-refractivity contribution in [2.45, 2.75) is 6.42 Å². The van der Waals surface area contributed by atoms with Gasteiger partial charge < -0.3 is 29.7 Å². The standard InChI is InChI=1S/C23H32N4O3/c1-24-23(25-12-14-30-21-9-7-20(28-2)8-10-21)26-16-18-11-13-27(17-18)19-5-4-6-22(15-19)29-3/h4-10,15,18H,11-14,16-17H2,1-3H3,(H2,24,25,26). The Labute approximate surface area is 179 Å². The fraction of sp³-hybridized carbons (Fsp3) is 0.435. The van der Waals surface area contributed by atoms with Crippen molar-refractivity contribution >= 4 is 11.6 Å². The molecule has 7 heteroatoms. The van der Waals surface area contributed by atoms with Crippen molar-refractivity contribution in [3.8, 4) is 17.2 Å². The highest BCUT2D eigenvalue weighted by Gasteiger charge is 2.23. The highest BCUT2D eigenvalue weighted by molar-refractivity contribution is 5.79. The summed E-state index contributed by atoms with van der Waals surface area (Å²) in [5.74, 6) is 3.92. The second-order valence-electron chi connectivity index (χ2n) is 7.21. The van der Waals surface area contributed by atoms with Crippen molar-refractivity contribution in [1.29, 1.82) is 0 Å². The molecule has 30 heavy (non-hydrogen) atoms. The van der Waals surface area contributed by atoms with Crippen LogP contribution in [0.1, 0.15) is 6.42 Å². The molecule has 1 heterocycles. The summed E-state index contributed by atoms with van der Waals surface area (Å²) in [6.45, 7) is 4.20. The van der Waals surface area contributed by atoms with E-state index in [1.54, 1.807) is 21.3 Å². The van der Waals surface area contributed by atoms with Crippen LogP contribution in [-0.4, -0.2) is 60.0 Å². The van der Waals surface area contributed by atoms with Crippen LogP contribution in [0.2, 0.25) is 0 Å². The van der Waals surface area contributed by atoms with Gasteiger partial charge in [0.15, 0.2) is 5.96 Å². The maximum absolute atomic E-state index is 5.74. The fourth-order valence-electron chi connectivity index (χ4n) is 3.51. The molecule has 1 aliphatic heterocycles. The molecule has 3 rings (SSSR count). The first-order valence-corrected chi connectivity index (χ1v) is 10.3. The molecule has 1 fully saturated rings. The lowest BCUT2D eigenvalue weighted by molar-refractivity contribution is 0.321. The van der Waals surface area contributed by atoms with E-state index in [0.29, 0.717) is 19.1 Å². The molecule has 1 atom stereocenters. The lowest BCUT2D eigenvalue weighted by Crippen LogP contribution is -2.41. The quantitative estimate of drug-likeness (QED) is 0.375. The van der Waals surface area contributed by atoms with E-state index in [2.05, 4.69) is 32.7 Å². The SMILES string of the molecule is CN=C(NCCOc1ccc(OC)cc1)NCC1CCN(c2cccc(OC)c2)C1. The summed E-state index contributed by atoms with van der Waals surface area (Å²) in [6, 6.07) is 15.8. The number of benzene rings is 2. The fourth-order valence-corrected chi connectivity index (χ4v) is 3.51. The van der Waals surface area contributed by atoms with Gasteiger partial charge >= 0.3 is 0 Å². The number of aliphatic imine (C=N–C) groups is 1. The number of anilines is 1. The largest absolute Gasteiger partial charge is 0.497 e. The van der Waals surface area contributed by atoms with Gasteiger partial charge in [-0.15, -0.1) is 0 Å². The number of hydrogen-bond donors (Lipinski definition) is 2. The Balaban J connectivity index is 1.36. The Kier molecular flexibility index (Phi) is 8.06. The molecule has 0 bridgehead atoms. The van der Waals surface area contributed by atoms with E-state index >= 15 is 0 Å². The van der Waals surface area contributed by atoms with Crippen molar-refractivity contribution in [2.75, 3.05) is 59.0 Å². The van der Waals surface area contributed by atoms with Gasteiger partial charge in [0.25, 0.3) is 0 Å². The molecule has 162 valence electrons. The number of methoxy groups -OCH3 is 2. The van der Waals surface area contributed by atoms with Crippen molar-refractivity contribution in [3.63, 3.8) is 0 Å². The molecular weight excluding hydrogens is 380 g/mol. The van der Waals surface area contributed by atoms with E-state index in [1.165, 1.54) is 5.69 Å². The van der Waals surface area contributed by atoms with Gasteiger partial charge in [-0.1, -0.05) is 6.07 Å². The molecule has 1 aliphatic rings. The minimum Gasteiger partial charge on any atom is -0.497 e. The van der Waals surface area contributed by atoms with Crippen LogP contribution < -0.4 is 29.7 Å². The Hall–Kier alpha value is -3.09. The van der Waals surface area contributed by atoms with Crippen LogP contribution >= 0.6 is 0 Å². The number of nitrogens with zero attached hydrogens (tertiary/aromatic N) is 2. The second kappa shape index (κ2) is 11.2. The summed E-state index contributed by atoms with van der Waals surface area (Å²) < 4.78 is 16.2. The molecule has 2 aromatic carbocycles. The molecule has 0 aliphatic carbocycles. The molecule has 2 N–H and O–H groups in total. The van der Waals surface area contributed by atoms with Crippen LogP contribution in [0.25, 0.3) is 0 Å². The number of guanidine groups is 1. The van der Waals surface area contributed by atoms with Crippen molar-refractivity contribution in [2.24, 2.45) is 10.9 Å². The molecule has 2 aromatic rings. The van der Waals surface area contributed by atoms with Crippen LogP contribution in [-0.2, 0) is 0 Å². The number of ether oxygens (including phenoxy) is 3. The Morgan fingerprint density at radius 1 is 1.03 bits per heavy atom. The molecule has 0 aromatic heterocycles. The molecule has 1 saturated heterocycles. The maximum Gasteiger partial charge on any atom is 0.191 e. The summed E-state index contributed by atoms with van der Waals surface area (Å²) in [4.78, 5) is 6.72. The van der Waals surface area contributed by atoms with Gasteiger partial charge in [-0.2, -0.15) is 0 Å². The third-order valence-electron chi connectivity index (χ3n) is 5.21. The highest BCUT2D eigenvalue weighted by atomic mass is 16.5. The molecular formula is C23H32N4O3. The zero-order chi connectivity index (χ0) is 21.2. The lowest BCUT2D eigenvalue weighted by Gasteiger charge is -2.20. The first kappa shape index (κ1) is 21.6. The highest BCUT2D eigenvalue weighted by Crippen LogP contribution is 2.26. The zero-order valence-electron chi connectivity index (χ0n) is 18.1. The van der Waals surface area contributed by atoms with Gasteiger partial charge in [0, 0.05) is 38.4 Å². The van der Waals surface area contributed by atoms with Gasteiger partial charge in [-0.25, -0.2) is 0 Å². The molecule has 0 radical (unpaired) electrons. The van der Waals surface area contributed by atoms with Crippen molar-refractivity contribution in [3.05, 3.63) is 48.5 Å². The Morgan fingerprint density at radius 2 is 1.80 bits per heavy atom. The lowest BCUT2D eigenvalue weighted by atomic mass is 10.1. The Bertz CT molecular complexity index is 810. The number of nitrogens with one attached hydrogen (secondary N) is 2. The second-order valence-corrected chi connectivity index (χ2v) is 7.21. The van der Waals surface area contributed by atoms with Crippen LogP contribution in [0.15, 0.2) is 53.5 Å². The zero-order valence-corrected chi connectivity index (χ0v) is 18.1. The third kappa shape index (κ3) is 6.20. The van der Waals surface area contributed by atoms with Gasteiger partial charge in [0.1, 0.15) is 23.9 Å². The number of rotatable bonds is 9. The summed E-state index contributed by atoms with van der Waals surface area (Å²) in [7, 11) is 5.15. The van der Waals surface area contributed by atoms with E-state index < -0.39 is 0 Å². The predicted molar refractivity (Wildman–Crippen MR) is 121 cm³/mol. The summed E-state index contributed by atoms with van der Waals surface area (Å²) in [6.07, 6.45) is 1.15. The third-order valence-corrected chi connectivity index (χ3v) is 5.21. The molecule has 0 spiro atoms.